The van der Waals surface area contributed by atoms with Crippen molar-refractivity contribution in [1.29, 1.82) is 0 Å². The fraction of sp³-hybridized carbons (Fsp3) is 0.375. The lowest BCUT2D eigenvalue weighted by molar-refractivity contribution is 0.0573. The first kappa shape index (κ1) is 14.6. The van der Waals surface area contributed by atoms with Gasteiger partial charge < -0.3 is 18.9 Å². The van der Waals surface area contributed by atoms with Crippen molar-refractivity contribution in [3.8, 4) is 5.88 Å². The maximum absolute atomic E-state index is 12.4. The maximum Gasteiger partial charge on any atom is 0.292 e. The topological polar surface area (TPSA) is 64.8 Å². The first-order valence-corrected chi connectivity index (χ1v) is 7.24. The van der Waals surface area contributed by atoms with Crippen LogP contribution in [0.2, 0.25) is 0 Å². The van der Waals surface area contributed by atoms with Crippen LogP contribution in [0.3, 0.4) is 0 Å². The SMILES string of the molecule is COc1cc(C(=O)N2CCOC(c3ccccc3)CC2)on1. The molecule has 0 N–H and O–H groups in total. The molecule has 1 aliphatic heterocycles. The minimum Gasteiger partial charge on any atom is -0.479 e. The molecule has 116 valence electrons. The zero-order valence-electron chi connectivity index (χ0n) is 12.4. The summed E-state index contributed by atoms with van der Waals surface area (Å²) in [6.07, 6.45) is 0.768. The average molecular weight is 302 g/mol. The molecule has 1 unspecified atom stereocenters. The van der Waals surface area contributed by atoms with Crippen molar-refractivity contribution in [2.75, 3.05) is 26.8 Å². The Morgan fingerprint density at radius 1 is 1.32 bits per heavy atom. The van der Waals surface area contributed by atoms with Crippen molar-refractivity contribution in [2.45, 2.75) is 12.5 Å². The van der Waals surface area contributed by atoms with E-state index in [2.05, 4.69) is 5.16 Å². The minimum absolute atomic E-state index is 0.0169. The first-order chi connectivity index (χ1) is 10.8. The molecule has 6 heteroatoms. The van der Waals surface area contributed by atoms with Crippen LogP contribution in [-0.2, 0) is 4.74 Å². The van der Waals surface area contributed by atoms with Gasteiger partial charge in [0, 0.05) is 13.1 Å². The Morgan fingerprint density at radius 3 is 2.86 bits per heavy atom. The van der Waals surface area contributed by atoms with Crippen LogP contribution < -0.4 is 4.74 Å². The Kier molecular flexibility index (Phi) is 4.39. The second-order valence-electron chi connectivity index (χ2n) is 5.08. The quantitative estimate of drug-likeness (QED) is 0.870. The van der Waals surface area contributed by atoms with Crippen LogP contribution in [0.15, 0.2) is 40.9 Å². The van der Waals surface area contributed by atoms with Gasteiger partial charge in [-0.2, -0.15) is 0 Å². The molecule has 1 aromatic heterocycles. The van der Waals surface area contributed by atoms with Crippen LogP contribution in [0.1, 0.15) is 28.6 Å². The fourth-order valence-electron chi connectivity index (χ4n) is 2.52. The highest BCUT2D eigenvalue weighted by Crippen LogP contribution is 2.24. The molecule has 2 aromatic rings. The van der Waals surface area contributed by atoms with Gasteiger partial charge in [0.15, 0.2) is 0 Å². The summed E-state index contributed by atoms with van der Waals surface area (Å²) < 4.78 is 15.8. The third-order valence-corrected chi connectivity index (χ3v) is 3.71. The van der Waals surface area contributed by atoms with Gasteiger partial charge in [-0.05, 0) is 17.1 Å². The van der Waals surface area contributed by atoms with E-state index in [9.17, 15) is 4.79 Å². The third kappa shape index (κ3) is 3.12. The zero-order chi connectivity index (χ0) is 15.4. The van der Waals surface area contributed by atoms with Crippen LogP contribution in [0, 0.1) is 0 Å². The summed E-state index contributed by atoms with van der Waals surface area (Å²) in [6.45, 7) is 1.64. The van der Waals surface area contributed by atoms with Gasteiger partial charge in [-0.25, -0.2) is 0 Å². The van der Waals surface area contributed by atoms with Gasteiger partial charge in [-0.3, -0.25) is 4.79 Å². The van der Waals surface area contributed by atoms with E-state index in [1.54, 1.807) is 4.90 Å². The molecular weight excluding hydrogens is 284 g/mol. The fourth-order valence-corrected chi connectivity index (χ4v) is 2.52. The number of carbonyl (C=O) groups is 1. The van der Waals surface area contributed by atoms with Crippen LogP contribution in [0.25, 0.3) is 0 Å². The van der Waals surface area contributed by atoms with E-state index < -0.39 is 0 Å². The van der Waals surface area contributed by atoms with Gasteiger partial charge in [-0.15, -0.1) is 0 Å². The molecule has 1 aromatic carbocycles. The Labute approximate surface area is 128 Å². The van der Waals surface area contributed by atoms with Crippen molar-refractivity contribution in [1.82, 2.24) is 10.1 Å². The molecule has 0 bridgehead atoms. The number of carbonyl (C=O) groups excluding carboxylic acids is 1. The Morgan fingerprint density at radius 2 is 2.14 bits per heavy atom. The van der Waals surface area contributed by atoms with E-state index in [0.717, 1.165) is 12.0 Å². The second-order valence-corrected chi connectivity index (χ2v) is 5.08. The summed E-state index contributed by atoms with van der Waals surface area (Å²) in [5, 5.41) is 3.66. The number of ether oxygens (including phenoxy) is 2. The third-order valence-electron chi connectivity index (χ3n) is 3.71. The monoisotopic (exact) mass is 302 g/mol. The molecule has 2 heterocycles. The number of amides is 1. The second kappa shape index (κ2) is 6.62. The molecule has 0 saturated carbocycles. The molecule has 0 aliphatic carbocycles. The average Bonchev–Trinajstić information content (AvgIpc) is 2.92. The summed E-state index contributed by atoms with van der Waals surface area (Å²) in [5.41, 5.74) is 1.14. The number of hydrogen-bond donors (Lipinski definition) is 0. The molecule has 3 rings (SSSR count). The van der Waals surface area contributed by atoms with Crippen molar-refractivity contribution in [2.24, 2.45) is 0 Å². The smallest absolute Gasteiger partial charge is 0.292 e. The van der Waals surface area contributed by atoms with E-state index in [1.807, 2.05) is 30.3 Å². The van der Waals surface area contributed by atoms with Crippen molar-refractivity contribution in [3.05, 3.63) is 47.7 Å². The van der Waals surface area contributed by atoms with Crippen molar-refractivity contribution < 1.29 is 18.8 Å². The molecule has 0 radical (unpaired) electrons. The first-order valence-electron chi connectivity index (χ1n) is 7.24. The lowest BCUT2D eigenvalue weighted by Crippen LogP contribution is -2.32. The highest BCUT2D eigenvalue weighted by Gasteiger charge is 2.25. The van der Waals surface area contributed by atoms with Crippen LogP contribution in [-0.4, -0.2) is 42.8 Å². The maximum atomic E-state index is 12.4. The molecule has 1 amide bonds. The zero-order valence-corrected chi connectivity index (χ0v) is 12.4. The van der Waals surface area contributed by atoms with Crippen molar-refractivity contribution in [3.63, 3.8) is 0 Å². The van der Waals surface area contributed by atoms with Gasteiger partial charge in [0.1, 0.15) is 0 Å². The predicted molar refractivity (Wildman–Crippen MR) is 78.7 cm³/mol. The van der Waals surface area contributed by atoms with E-state index >= 15 is 0 Å². The summed E-state index contributed by atoms with van der Waals surface area (Å²) in [7, 11) is 1.48. The van der Waals surface area contributed by atoms with Gasteiger partial charge in [0.25, 0.3) is 11.8 Å². The molecular formula is C16H18N2O4. The predicted octanol–water partition coefficient (Wildman–Crippen LogP) is 2.29. The van der Waals surface area contributed by atoms with Crippen LogP contribution in [0.5, 0.6) is 5.88 Å². The van der Waals surface area contributed by atoms with Crippen molar-refractivity contribution >= 4 is 5.91 Å². The largest absolute Gasteiger partial charge is 0.479 e. The molecule has 1 atom stereocenters. The summed E-state index contributed by atoms with van der Waals surface area (Å²) >= 11 is 0. The number of methoxy groups -OCH3 is 1. The van der Waals surface area contributed by atoms with Crippen LogP contribution >= 0.6 is 0 Å². The van der Waals surface area contributed by atoms with Crippen LogP contribution in [0.4, 0.5) is 0 Å². The van der Waals surface area contributed by atoms with Gasteiger partial charge in [-0.1, -0.05) is 30.3 Å². The van der Waals surface area contributed by atoms with E-state index in [4.69, 9.17) is 14.0 Å². The molecule has 1 aliphatic rings. The van der Waals surface area contributed by atoms with E-state index in [-0.39, 0.29) is 17.8 Å². The molecule has 6 nitrogen and oxygen atoms in total. The number of rotatable bonds is 3. The normalized spacial score (nSPS) is 18.8. The Balaban J connectivity index is 1.66. The minimum atomic E-state index is -0.187. The Hall–Kier alpha value is -2.34. The lowest BCUT2D eigenvalue weighted by Gasteiger charge is -2.17. The molecule has 1 saturated heterocycles. The number of nitrogens with zero attached hydrogens (tertiary/aromatic N) is 2. The highest BCUT2D eigenvalue weighted by atomic mass is 16.5. The summed E-state index contributed by atoms with van der Waals surface area (Å²) in [5.74, 6) is 0.305. The van der Waals surface area contributed by atoms with Gasteiger partial charge in [0.05, 0.1) is 25.9 Å². The molecule has 0 spiro atoms. The molecule has 22 heavy (non-hydrogen) atoms. The number of hydrogen-bond acceptors (Lipinski definition) is 5. The summed E-state index contributed by atoms with van der Waals surface area (Å²) in [6, 6.07) is 11.6. The standard InChI is InChI=1S/C16H18N2O4/c1-20-15-11-14(22-17-15)16(19)18-8-7-13(21-10-9-18)12-5-3-2-4-6-12/h2-6,11,13H,7-10H2,1H3. The van der Waals surface area contributed by atoms with E-state index in [1.165, 1.54) is 13.2 Å². The lowest BCUT2D eigenvalue weighted by atomic mass is 10.1. The Bertz CT molecular complexity index is 626. The van der Waals surface area contributed by atoms with Gasteiger partial charge in [0.2, 0.25) is 5.76 Å². The number of benzene rings is 1. The van der Waals surface area contributed by atoms with E-state index in [0.29, 0.717) is 25.6 Å². The molecule has 1 fully saturated rings. The highest BCUT2D eigenvalue weighted by molar-refractivity contribution is 5.91. The summed E-state index contributed by atoms with van der Waals surface area (Å²) in [4.78, 5) is 14.1. The van der Waals surface area contributed by atoms with Gasteiger partial charge >= 0.3 is 0 Å². The number of aromatic nitrogens is 1.